The van der Waals surface area contributed by atoms with E-state index < -0.39 is 23.9 Å². The second-order valence-corrected chi connectivity index (χ2v) is 3.83. The molecule has 1 rings (SSSR count). The van der Waals surface area contributed by atoms with Crippen LogP contribution in [0.4, 0.5) is 4.79 Å². The minimum Gasteiger partial charge on any atom is -0.480 e. The van der Waals surface area contributed by atoms with Gasteiger partial charge in [-0.25, -0.2) is 4.79 Å². The third kappa shape index (κ3) is 3.50. The van der Waals surface area contributed by atoms with Crippen LogP contribution in [0.5, 0.6) is 0 Å². The number of carboxylic acid groups (broad SMARTS) is 1. The average molecular weight is 229 g/mol. The molecule has 0 aromatic heterocycles. The van der Waals surface area contributed by atoms with E-state index in [1.54, 1.807) is 11.8 Å². The third-order valence-electron chi connectivity index (χ3n) is 2.46. The fourth-order valence-electron chi connectivity index (χ4n) is 1.52. The number of imide groups is 1. The zero-order chi connectivity index (χ0) is 12.3. The van der Waals surface area contributed by atoms with Gasteiger partial charge in [-0.15, -0.1) is 0 Å². The van der Waals surface area contributed by atoms with Gasteiger partial charge in [-0.3, -0.25) is 19.8 Å². The Morgan fingerprint density at radius 3 is 2.44 bits per heavy atom. The van der Waals surface area contributed by atoms with Gasteiger partial charge in [0.2, 0.25) is 5.91 Å². The Bertz CT molecular complexity index is 314. The number of urea groups is 1. The number of hydrogen-bond acceptors (Lipinski definition) is 4. The SMILES string of the molecule is CC(C(=O)NC(N)=O)N(CC(=O)O)C1CC1. The summed E-state index contributed by atoms with van der Waals surface area (Å²) in [6, 6.07) is -1.48. The van der Waals surface area contributed by atoms with Crippen LogP contribution in [-0.2, 0) is 9.59 Å². The van der Waals surface area contributed by atoms with Crippen LogP contribution in [0, 0.1) is 0 Å². The molecule has 90 valence electrons. The van der Waals surface area contributed by atoms with Crippen LogP contribution < -0.4 is 11.1 Å². The third-order valence-corrected chi connectivity index (χ3v) is 2.46. The first kappa shape index (κ1) is 12.4. The van der Waals surface area contributed by atoms with Crippen LogP contribution >= 0.6 is 0 Å². The minimum absolute atomic E-state index is 0.115. The molecule has 1 aliphatic rings. The number of carbonyl (C=O) groups is 3. The van der Waals surface area contributed by atoms with Crippen LogP contribution in [0.2, 0.25) is 0 Å². The highest BCUT2D eigenvalue weighted by molar-refractivity contribution is 5.96. The second-order valence-electron chi connectivity index (χ2n) is 3.83. The molecule has 0 bridgehead atoms. The summed E-state index contributed by atoms with van der Waals surface area (Å²) >= 11 is 0. The maximum absolute atomic E-state index is 11.5. The molecule has 3 amide bonds. The number of carboxylic acids is 1. The summed E-state index contributed by atoms with van der Waals surface area (Å²) in [6.07, 6.45) is 1.75. The van der Waals surface area contributed by atoms with Crippen molar-refractivity contribution in [3.05, 3.63) is 0 Å². The van der Waals surface area contributed by atoms with Gasteiger partial charge >= 0.3 is 12.0 Å². The zero-order valence-corrected chi connectivity index (χ0v) is 8.97. The molecule has 0 aromatic rings. The van der Waals surface area contributed by atoms with Crippen LogP contribution in [0.1, 0.15) is 19.8 Å². The fourth-order valence-corrected chi connectivity index (χ4v) is 1.52. The molecule has 0 heterocycles. The second kappa shape index (κ2) is 4.93. The lowest BCUT2D eigenvalue weighted by Gasteiger charge is -2.25. The van der Waals surface area contributed by atoms with Gasteiger partial charge in [-0.2, -0.15) is 0 Å². The molecule has 0 radical (unpaired) electrons. The molecule has 0 saturated heterocycles. The van der Waals surface area contributed by atoms with Crippen molar-refractivity contribution >= 4 is 17.9 Å². The summed E-state index contributed by atoms with van der Waals surface area (Å²) in [7, 11) is 0. The molecule has 1 saturated carbocycles. The summed E-state index contributed by atoms with van der Waals surface area (Å²) < 4.78 is 0. The first-order valence-corrected chi connectivity index (χ1v) is 4.99. The number of nitrogens with two attached hydrogens (primary N) is 1. The van der Waals surface area contributed by atoms with Gasteiger partial charge in [0.15, 0.2) is 0 Å². The summed E-state index contributed by atoms with van der Waals surface area (Å²) in [5.74, 6) is -1.56. The molecule has 7 nitrogen and oxygen atoms in total. The summed E-state index contributed by atoms with van der Waals surface area (Å²) in [4.78, 5) is 34.1. The van der Waals surface area contributed by atoms with E-state index in [0.29, 0.717) is 0 Å². The molecule has 4 N–H and O–H groups in total. The van der Waals surface area contributed by atoms with Gasteiger partial charge in [-0.1, -0.05) is 0 Å². The lowest BCUT2D eigenvalue weighted by molar-refractivity contribution is -0.140. The molecule has 0 spiro atoms. The topological polar surface area (TPSA) is 113 Å². The Kier molecular flexibility index (Phi) is 3.83. The monoisotopic (exact) mass is 229 g/mol. The molecule has 1 fully saturated rings. The Morgan fingerprint density at radius 1 is 1.50 bits per heavy atom. The van der Waals surface area contributed by atoms with Gasteiger partial charge in [0.1, 0.15) is 0 Å². The standard InChI is InChI=1S/C9H15N3O4/c1-5(8(15)11-9(10)16)12(4-7(13)14)6-2-3-6/h5-6H,2-4H2,1H3,(H,13,14)(H3,10,11,15,16). The summed E-state index contributed by atoms with van der Waals surface area (Å²) in [5, 5.41) is 10.7. The first-order chi connectivity index (χ1) is 7.41. The van der Waals surface area contributed by atoms with Crippen molar-refractivity contribution in [1.82, 2.24) is 10.2 Å². The Morgan fingerprint density at radius 2 is 2.06 bits per heavy atom. The molecule has 7 heteroatoms. The maximum Gasteiger partial charge on any atom is 0.318 e. The van der Waals surface area contributed by atoms with Crippen LogP contribution in [-0.4, -0.2) is 46.5 Å². The van der Waals surface area contributed by atoms with Crippen molar-refractivity contribution < 1.29 is 19.5 Å². The van der Waals surface area contributed by atoms with E-state index in [1.165, 1.54) is 0 Å². The van der Waals surface area contributed by atoms with Crippen molar-refractivity contribution in [3.8, 4) is 0 Å². The van der Waals surface area contributed by atoms with Gasteiger partial charge in [0.25, 0.3) is 0 Å². The van der Waals surface area contributed by atoms with Gasteiger partial charge in [-0.05, 0) is 19.8 Å². The number of carbonyl (C=O) groups excluding carboxylic acids is 2. The lowest BCUT2D eigenvalue weighted by atomic mass is 10.2. The van der Waals surface area contributed by atoms with E-state index in [9.17, 15) is 14.4 Å². The van der Waals surface area contributed by atoms with E-state index in [1.807, 2.05) is 5.32 Å². The van der Waals surface area contributed by atoms with E-state index >= 15 is 0 Å². The summed E-state index contributed by atoms with van der Waals surface area (Å²) in [6.45, 7) is 1.34. The number of primary amides is 1. The molecule has 0 aromatic carbocycles. The minimum atomic E-state index is -0.995. The van der Waals surface area contributed by atoms with Gasteiger partial charge in [0, 0.05) is 6.04 Å². The lowest BCUT2D eigenvalue weighted by Crippen LogP contribution is -2.50. The predicted octanol–water partition coefficient (Wildman–Crippen LogP) is -0.881. The van der Waals surface area contributed by atoms with Crippen molar-refractivity contribution in [3.63, 3.8) is 0 Å². The smallest absolute Gasteiger partial charge is 0.318 e. The van der Waals surface area contributed by atoms with E-state index in [2.05, 4.69) is 0 Å². The molecule has 16 heavy (non-hydrogen) atoms. The van der Waals surface area contributed by atoms with E-state index in [0.717, 1.165) is 12.8 Å². The Labute approximate surface area is 92.6 Å². The van der Waals surface area contributed by atoms with Crippen molar-refractivity contribution in [2.24, 2.45) is 5.73 Å². The van der Waals surface area contributed by atoms with Crippen LogP contribution in [0.25, 0.3) is 0 Å². The highest BCUT2D eigenvalue weighted by Crippen LogP contribution is 2.28. The number of nitrogens with zero attached hydrogens (tertiary/aromatic N) is 1. The average Bonchev–Trinajstić information content (AvgIpc) is 2.94. The van der Waals surface area contributed by atoms with Crippen molar-refractivity contribution in [2.45, 2.75) is 31.8 Å². The fraction of sp³-hybridized carbons (Fsp3) is 0.667. The molecule has 1 aliphatic carbocycles. The normalized spacial score (nSPS) is 16.9. The molecule has 0 aliphatic heterocycles. The highest BCUT2D eigenvalue weighted by atomic mass is 16.4. The number of rotatable bonds is 5. The number of hydrogen-bond donors (Lipinski definition) is 3. The number of amides is 3. The van der Waals surface area contributed by atoms with Crippen LogP contribution in [0.3, 0.4) is 0 Å². The maximum atomic E-state index is 11.5. The Balaban J connectivity index is 2.59. The van der Waals surface area contributed by atoms with Crippen molar-refractivity contribution in [1.29, 1.82) is 0 Å². The summed E-state index contributed by atoms with van der Waals surface area (Å²) in [5.41, 5.74) is 4.82. The predicted molar refractivity (Wildman–Crippen MR) is 54.6 cm³/mol. The van der Waals surface area contributed by atoms with E-state index in [4.69, 9.17) is 10.8 Å². The van der Waals surface area contributed by atoms with E-state index in [-0.39, 0.29) is 12.6 Å². The van der Waals surface area contributed by atoms with Gasteiger partial charge < -0.3 is 10.8 Å². The van der Waals surface area contributed by atoms with Gasteiger partial charge in [0.05, 0.1) is 12.6 Å². The highest BCUT2D eigenvalue weighted by Gasteiger charge is 2.36. The molecular formula is C9H15N3O4. The van der Waals surface area contributed by atoms with Crippen molar-refractivity contribution in [2.75, 3.05) is 6.54 Å². The molecule has 1 unspecified atom stereocenters. The molecule has 1 atom stereocenters. The first-order valence-electron chi connectivity index (χ1n) is 4.99. The van der Waals surface area contributed by atoms with Crippen LogP contribution in [0.15, 0.2) is 0 Å². The zero-order valence-electron chi connectivity index (χ0n) is 8.97. The number of aliphatic carboxylic acids is 1. The Hall–Kier alpha value is -1.63. The molecular weight excluding hydrogens is 214 g/mol. The largest absolute Gasteiger partial charge is 0.480 e. The number of nitrogens with one attached hydrogen (secondary N) is 1. The quantitative estimate of drug-likeness (QED) is 0.566.